The minimum Gasteiger partial charge on any atom is -0.493 e. The third-order valence-electron chi connectivity index (χ3n) is 3.80. The van der Waals surface area contributed by atoms with Crippen LogP contribution >= 0.6 is 0 Å². The predicted octanol–water partition coefficient (Wildman–Crippen LogP) is 1.84. The number of ether oxygens (including phenoxy) is 3. The van der Waals surface area contributed by atoms with Gasteiger partial charge in [0.1, 0.15) is 0 Å². The van der Waals surface area contributed by atoms with E-state index in [-0.39, 0.29) is 11.0 Å². The highest BCUT2D eigenvalue weighted by atomic mass is 32.2. The van der Waals surface area contributed by atoms with Crippen LogP contribution in [0.5, 0.6) is 11.5 Å². The molecular formula is C15H22O5S. The zero-order chi connectivity index (χ0) is 15.3. The Balaban J connectivity index is 2.01. The van der Waals surface area contributed by atoms with E-state index in [9.17, 15) is 8.42 Å². The second-order valence-electron chi connectivity index (χ2n) is 5.12. The molecule has 0 N–H and O–H groups in total. The highest BCUT2D eigenvalue weighted by Gasteiger charge is 2.27. The smallest absolute Gasteiger partial charge is 0.160 e. The van der Waals surface area contributed by atoms with Gasteiger partial charge in [0.25, 0.3) is 0 Å². The molecule has 5 nitrogen and oxygen atoms in total. The van der Waals surface area contributed by atoms with E-state index in [4.69, 9.17) is 14.2 Å². The number of rotatable bonds is 6. The Bertz CT molecular complexity index is 561. The summed E-state index contributed by atoms with van der Waals surface area (Å²) < 4.78 is 40.3. The summed E-state index contributed by atoms with van der Waals surface area (Å²) in [6.07, 6.45) is 1.70. The number of sulfone groups is 1. The lowest BCUT2D eigenvalue weighted by Gasteiger charge is -2.22. The first kappa shape index (κ1) is 16.1. The van der Waals surface area contributed by atoms with Crippen LogP contribution in [-0.4, -0.2) is 46.9 Å². The van der Waals surface area contributed by atoms with E-state index in [1.807, 2.05) is 12.1 Å². The van der Waals surface area contributed by atoms with E-state index >= 15 is 0 Å². The van der Waals surface area contributed by atoms with Crippen LogP contribution in [0.15, 0.2) is 18.2 Å². The average Bonchev–Trinajstić information content (AvgIpc) is 2.53. The Hall–Kier alpha value is -1.27. The van der Waals surface area contributed by atoms with Gasteiger partial charge in [-0.05, 0) is 37.0 Å². The summed E-state index contributed by atoms with van der Waals surface area (Å²) in [5.74, 6) is 1.43. The van der Waals surface area contributed by atoms with Gasteiger partial charge in [0.2, 0.25) is 0 Å². The molecule has 1 aromatic carbocycles. The van der Waals surface area contributed by atoms with Crippen LogP contribution in [0.25, 0.3) is 0 Å². The van der Waals surface area contributed by atoms with Crippen LogP contribution in [0, 0.1) is 0 Å². The first-order valence-electron chi connectivity index (χ1n) is 7.07. The standard InChI is InChI=1S/C15H22O5S/c1-18-14-4-3-12(11-15(14)19-2)7-10-21(16,17)13-5-8-20-9-6-13/h3-4,11,13H,5-10H2,1-2H3. The Morgan fingerprint density at radius 2 is 1.81 bits per heavy atom. The topological polar surface area (TPSA) is 61.8 Å². The second kappa shape index (κ2) is 7.13. The Kier molecular flexibility index (Phi) is 5.47. The molecule has 21 heavy (non-hydrogen) atoms. The third kappa shape index (κ3) is 4.11. The zero-order valence-electron chi connectivity index (χ0n) is 12.5. The van der Waals surface area contributed by atoms with Crippen molar-refractivity contribution in [3.63, 3.8) is 0 Å². The first-order chi connectivity index (χ1) is 10.1. The lowest BCUT2D eigenvalue weighted by Crippen LogP contribution is -2.31. The maximum Gasteiger partial charge on any atom is 0.160 e. The van der Waals surface area contributed by atoms with Gasteiger partial charge in [0.15, 0.2) is 21.3 Å². The van der Waals surface area contributed by atoms with Crippen LogP contribution in [0.2, 0.25) is 0 Å². The maximum absolute atomic E-state index is 12.3. The van der Waals surface area contributed by atoms with Gasteiger partial charge in [-0.1, -0.05) is 6.07 Å². The third-order valence-corrected chi connectivity index (χ3v) is 6.06. The first-order valence-corrected chi connectivity index (χ1v) is 8.78. The molecule has 1 saturated heterocycles. The van der Waals surface area contributed by atoms with Crippen molar-refractivity contribution >= 4 is 9.84 Å². The molecule has 0 spiro atoms. The highest BCUT2D eigenvalue weighted by Crippen LogP contribution is 2.28. The van der Waals surface area contributed by atoms with Crippen molar-refractivity contribution in [1.82, 2.24) is 0 Å². The van der Waals surface area contributed by atoms with Crippen LogP contribution in [0.4, 0.5) is 0 Å². The van der Waals surface area contributed by atoms with Gasteiger partial charge in [-0.2, -0.15) is 0 Å². The number of hydrogen-bond donors (Lipinski definition) is 0. The summed E-state index contributed by atoms with van der Waals surface area (Å²) >= 11 is 0. The molecule has 0 bridgehead atoms. The predicted molar refractivity (Wildman–Crippen MR) is 80.9 cm³/mol. The highest BCUT2D eigenvalue weighted by molar-refractivity contribution is 7.92. The molecule has 0 aromatic heterocycles. The van der Waals surface area contributed by atoms with Gasteiger partial charge < -0.3 is 14.2 Å². The molecule has 118 valence electrons. The van der Waals surface area contributed by atoms with E-state index in [0.29, 0.717) is 44.0 Å². The quantitative estimate of drug-likeness (QED) is 0.802. The molecule has 1 aliphatic rings. The molecule has 1 aromatic rings. The van der Waals surface area contributed by atoms with Gasteiger partial charge in [-0.3, -0.25) is 0 Å². The number of methoxy groups -OCH3 is 2. The number of hydrogen-bond acceptors (Lipinski definition) is 5. The molecule has 6 heteroatoms. The zero-order valence-corrected chi connectivity index (χ0v) is 13.3. The van der Waals surface area contributed by atoms with Gasteiger partial charge in [-0.25, -0.2) is 8.42 Å². The van der Waals surface area contributed by atoms with Gasteiger partial charge in [0, 0.05) is 13.2 Å². The summed E-state index contributed by atoms with van der Waals surface area (Å²) in [4.78, 5) is 0. The second-order valence-corrected chi connectivity index (χ2v) is 7.52. The molecule has 0 saturated carbocycles. The fourth-order valence-corrected chi connectivity index (χ4v) is 4.26. The minimum atomic E-state index is -3.07. The monoisotopic (exact) mass is 314 g/mol. The summed E-state index contributed by atoms with van der Waals surface area (Å²) in [5, 5.41) is -0.258. The largest absolute Gasteiger partial charge is 0.493 e. The van der Waals surface area contributed by atoms with Crippen molar-refractivity contribution < 1.29 is 22.6 Å². The molecule has 2 rings (SSSR count). The van der Waals surface area contributed by atoms with Gasteiger partial charge in [-0.15, -0.1) is 0 Å². The number of aryl methyl sites for hydroxylation is 1. The fraction of sp³-hybridized carbons (Fsp3) is 0.600. The van der Waals surface area contributed by atoms with E-state index in [1.165, 1.54) is 0 Å². The van der Waals surface area contributed by atoms with E-state index in [1.54, 1.807) is 20.3 Å². The SMILES string of the molecule is COc1ccc(CCS(=O)(=O)C2CCOCC2)cc1OC. The summed E-state index contributed by atoms with van der Waals surface area (Å²) in [6, 6.07) is 5.51. The lowest BCUT2D eigenvalue weighted by atomic mass is 10.1. The van der Waals surface area contributed by atoms with Gasteiger partial charge in [0.05, 0.1) is 25.2 Å². The Morgan fingerprint density at radius 3 is 2.43 bits per heavy atom. The molecule has 1 heterocycles. The summed E-state index contributed by atoms with van der Waals surface area (Å²) in [6.45, 7) is 1.08. The van der Waals surface area contributed by atoms with Crippen LogP contribution in [0.1, 0.15) is 18.4 Å². The van der Waals surface area contributed by atoms with Crippen molar-refractivity contribution in [3.8, 4) is 11.5 Å². The van der Waals surface area contributed by atoms with Crippen LogP contribution < -0.4 is 9.47 Å². The maximum atomic E-state index is 12.3. The van der Waals surface area contributed by atoms with Crippen molar-refractivity contribution in [1.29, 1.82) is 0 Å². The van der Waals surface area contributed by atoms with E-state index < -0.39 is 9.84 Å². The summed E-state index contributed by atoms with van der Waals surface area (Å²) in [5.41, 5.74) is 0.934. The molecule has 0 amide bonds. The molecule has 0 unspecified atom stereocenters. The molecular weight excluding hydrogens is 292 g/mol. The lowest BCUT2D eigenvalue weighted by molar-refractivity contribution is 0.0983. The van der Waals surface area contributed by atoms with E-state index in [2.05, 4.69) is 0 Å². The van der Waals surface area contributed by atoms with Crippen molar-refractivity contribution in [2.45, 2.75) is 24.5 Å². The van der Waals surface area contributed by atoms with Crippen LogP contribution in [0.3, 0.4) is 0 Å². The molecule has 0 aliphatic carbocycles. The Labute approximate surface area is 126 Å². The average molecular weight is 314 g/mol. The van der Waals surface area contributed by atoms with E-state index in [0.717, 1.165) is 5.56 Å². The van der Waals surface area contributed by atoms with Crippen molar-refractivity contribution in [2.75, 3.05) is 33.2 Å². The normalized spacial score (nSPS) is 16.7. The number of benzene rings is 1. The van der Waals surface area contributed by atoms with Crippen molar-refractivity contribution in [2.24, 2.45) is 0 Å². The molecule has 0 atom stereocenters. The molecule has 0 radical (unpaired) electrons. The summed E-state index contributed by atoms with van der Waals surface area (Å²) in [7, 11) is 0.0775. The van der Waals surface area contributed by atoms with Crippen molar-refractivity contribution in [3.05, 3.63) is 23.8 Å². The minimum absolute atomic E-state index is 0.160. The fourth-order valence-electron chi connectivity index (χ4n) is 2.50. The molecule has 1 aliphatic heterocycles. The molecule has 1 fully saturated rings. The van der Waals surface area contributed by atoms with Gasteiger partial charge >= 0.3 is 0 Å². The Morgan fingerprint density at radius 1 is 1.14 bits per heavy atom. The van der Waals surface area contributed by atoms with Crippen LogP contribution in [-0.2, 0) is 21.0 Å².